The second-order valence-corrected chi connectivity index (χ2v) is 3.35. The van der Waals surface area contributed by atoms with Gasteiger partial charge in [-0.25, -0.2) is 13.8 Å². The van der Waals surface area contributed by atoms with Gasteiger partial charge >= 0.3 is 12.3 Å². The van der Waals surface area contributed by atoms with Crippen molar-refractivity contribution >= 4 is 0 Å². The van der Waals surface area contributed by atoms with Gasteiger partial charge in [0.25, 0.3) is 0 Å². The quantitative estimate of drug-likeness (QED) is 0.787. The molecule has 96 valence electrons. The van der Waals surface area contributed by atoms with Crippen molar-refractivity contribution in [3.63, 3.8) is 0 Å². The van der Waals surface area contributed by atoms with Gasteiger partial charge in [-0.2, -0.15) is 8.78 Å². The Bertz CT molecular complexity index is 360. The van der Waals surface area contributed by atoms with Crippen LogP contribution in [0.5, 0.6) is 5.88 Å². The van der Waals surface area contributed by atoms with Gasteiger partial charge in [-0.3, -0.25) is 0 Å². The molecule has 1 aromatic rings. The predicted octanol–water partition coefficient (Wildman–Crippen LogP) is 2.08. The Labute approximate surface area is 95.8 Å². The summed E-state index contributed by atoms with van der Waals surface area (Å²) in [5.74, 6) is -4.26. The van der Waals surface area contributed by atoms with E-state index in [9.17, 15) is 17.6 Å². The van der Waals surface area contributed by atoms with Crippen molar-refractivity contribution in [2.75, 3.05) is 13.7 Å². The summed E-state index contributed by atoms with van der Waals surface area (Å²) in [6, 6.07) is 4.55. The Kier molecular flexibility index (Phi) is 4.68. The zero-order valence-electron chi connectivity index (χ0n) is 9.09. The molecule has 0 aliphatic rings. The molecular formula is C10H12F4N2O. The minimum absolute atomic E-state index is 0.0990. The van der Waals surface area contributed by atoms with Crippen molar-refractivity contribution in [2.45, 2.75) is 18.9 Å². The van der Waals surface area contributed by atoms with Crippen LogP contribution in [0, 0.1) is 0 Å². The summed E-state index contributed by atoms with van der Waals surface area (Å²) in [6.45, 7) is -0.955. The number of hydrogen-bond donors (Lipinski definition) is 1. The first kappa shape index (κ1) is 13.7. The molecule has 0 saturated carbocycles. The van der Waals surface area contributed by atoms with E-state index in [2.05, 4.69) is 15.0 Å². The summed E-state index contributed by atoms with van der Waals surface area (Å²) >= 11 is 0. The van der Waals surface area contributed by atoms with Crippen LogP contribution < -0.4 is 10.1 Å². The van der Waals surface area contributed by atoms with Crippen LogP contribution in [0.2, 0.25) is 0 Å². The van der Waals surface area contributed by atoms with Crippen LogP contribution in [0.25, 0.3) is 0 Å². The van der Waals surface area contributed by atoms with Crippen LogP contribution in [0.1, 0.15) is 5.69 Å². The molecule has 0 unspecified atom stereocenters. The first-order valence-corrected chi connectivity index (χ1v) is 4.85. The van der Waals surface area contributed by atoms with Gasteiger partial charge in [-0.15, -0.1) is 0 Å². The molecule has 1 heterocycles. The Morgan fingerprint density at radius 2 is 2.12 bits per heavy atom. The summed E-state index contributed by atoms with van der Waals surface area (Å²) in [4.78, 5) is 3.86. The average molecular weight is 252 g/mol. The lowest BCUT2D eigenvalue weighted by Gasteiger charge is -2.15. The normalized spacial score (nSPS) is 11.9. The molecule has 7 heteroatoms. The molecule has 0 saturated heterocycles. The highest BCUT2D eigenvalue weighted by Gasteiger charge is 2.41. The first-order chi connectivity index (χ1) is 7.95. The summed E-state index contributed by atoms with van der Waals surface area (Å²) in [7, 11) is 1.69. The number of pyridine rings is 1. The minimum atomic E-state index is -4.17. The fraction of sp³-hybridized carbons (Fsp3) is 0.500. The molecule has 0 bridgehead atoms. The van der Waals surface area contributed by atoms with Gasteiger partial charge in [-0.1, -0.05) is 6.07 Å². The van der Waals surface area contributed by atoms with Crippen LogP contribution >= 0.6 is 0 Å². The van der Waals surface area contributed by atoms with E-state index in [0.29, 0.717) is 12.2 Å². The number of hydrogen-bond acceptors (Lipinski definition) is 3. The lowest BCUT2D eigenvalue weighted by atomic mass is 10.3. The Balaban J connectivity index is 2.60. The largest absolute Gasteiger partial charge is 0.471 e. The van der Waals surface area contributed by atoms with Crippen LogP contribution in [-0.2, 0) is 6.54 Å². The molecular weight excluding hydrogens is 240 g/mol. The fourth-order valence-electron chi connectivity index (χ4n) is 1.05. The maximum Gasteiger partial charge on any atom is 0.340 e. The number of rotatable bonds is 6. The molecule has 1 aromatic heterocycles. The van der Waals surface area contributed by atoms with E-state index in [1.54, 1.807) is 19.2 Å². The summed E-state index contributed by atoms with van der Waals surface area (Å²) in [6.07, 6.45) is -3.75. The average Bonchev–Trinajstić information content (AvgIpc) is 2.27. The van der Waals surface area contributed by atoms with E-state index >= 15 is 0 Å². The van der Waals surface area contributed by atoms with Gasteiger partial charge < -0.3 is 10.1 Å². The van der Waals surface area contributed by atoms with Gasteiger partial charge in [0.2, 0.25) is 5.88 Å². The molecule has 0 radical (unpaired) electrons. The third-order valence-corrected chi connectivity index (χ3v) is 1.87. The van der Waals surface area contributed by atoms with E-state index in [1.807, 2.05) is 0 Å². The lowest BCUT2D eigenvalue weighted by Crippen LogP contribution is -2.33. The number of ether oxygens (including phenoxy) is 1. The standard InChI is InChI=1S/C10H12F4N2O/c1-15-5-7-3-2-4-8(16-7)17-6-10(13,14)9(11)12/h2-4,9,15H,5-6H2,1H3. The van der Waals surface area contributed by atoms with E-state index in [-0.39, 0.29) is 5.88 Å². The molecule has 0 spiro atoms. The van der Waals surface area contributed by atoms with Crippen LogP contribution in [0.3, 0.4) is 0 Å². The third kappa shape index (κ3) is 4.18. The van der Waals surface area contributed by atoms with Gasteiger partial charge in [-0.05, 0) is 13.1 Å². The third-order valence-electron chi connectivity index (χ3n) is 1.87. The molecule has 0 fully saturated rings. The second kappa shape index (κ2) is 5.81. The number of halogens is 4. The van der Waals surface area contributed by atoms with Gasteiger partial charge in [0.1, 0.15) is 0 Å². The molecule has 17 heavy (non-hydrogen) atoms. The lowest BCUT2D eigenvalue weighted by molar-refractivity contribution is -0.148. The van der Waals surface area contributed by atoms with E-state index in [4.69, 9.17) is 0 Å². The zero-order valence-corrected chi connectivity index (χ0v) is 9.09. The van der Waals surface area contributed by atoms with Crippen molar-refractivity contribution < 1.29 is 22.3 Å². The molecule has 0 aliphatic heterocycles. The number of aromatic nitrogens is 1. The summed E-state index contributed by atoms with van der Waals surface area (Å²) in [5.41, 5.74) is 0.574. The molecule has 0 aromatic carbocycles. The fourth-order valence-corrected chi connectivity index (χ4v) is 1.05. The highest BCUT2D eigenvalue weighted by molar-refractivity contribution is 5.15. The molecule has 1 N–H and O–H groups in total. The molecule has 0 amide bonds. The topological polar surface area (TPSA) is 34.1 Å². The van der Waals surface area contributed by atoms with Crippen molar-refractivity contribution in [1.29, 1.82) is 0 Å². The SMILES string of the molecule is CNCc1cccc(OCC(F)(F)C(F)F)n1. The van der Waals surface area contributed by atoms with Crippen molar-refractivity contribution in [3.05, 3.63) is 23.9 Å². The van der Waals surface area contributed by atoms with Crippen molar-refractivity contribution in [3.8, 4) is 5.88 Å². The second-order valence-electron chi connectivity index (χ2n) is 3.35. The monoisotopic (exact) mass is 252 g/mol. The number of alkyl halides is 4. The highest BCUT2D eigenvalue weighted by atomic mass is 19.3. The first-order valence-electron chi connectivity index (χ1n) is 4.85. The van der Waals surface area contributed by atoms with Gasteiger partial charge in [0, 0.05) is 12.6 Å². The van der Waals surface area contributed by atoms with Crippen molar-refractivity contribution in [2.24, 2.45) is 0 Å². The highest BCUT2D eigenvalue weighted by Crippen LogP contribution is 2.23. The Hall–Kier alpha value is -1.37. The predicted molar refractivity (Wildman–Crippen MR) is 53.4 cm³/mol. The number of nitrogens with one attached hydrogen (secondary N) is 1. The van der Waals surface area contributed by atoms with Crippen LogP contribution in [0.4, 0.5) is 17.6 Å². The van der Waals surface area contributed by atoms with Gasteiger partial charge in [0.05, 0.1) is 5.69 Å². The van der Waals surface area contributed by atoms with Crippen LogP contribution in [-0.4, -0.2) is 31.0 Å². The molecule has 1 rings (SSSR count). The Morgan fingerprint density at radius 1 is 1.41 bits per heavy atom. The zero-order chi connectivity index (χ0) is 12.9. The maximum atomic E-state index is 12.6. The molecule has 0 aliphatic carbocycles. The van der Waals surface area contributed by atoms with E-state index in [0.717, 1.165) is 0 Å². The van der Waals surface area contributed by atoms with Crippen LogP contribution in [0.15, 0.2) is 18.2 Å². The summed E-state index contributed by atoms with van der Waals surface area (Å²) < 4.78 is 53.4. The number of nitrogens with zero attached hydrogens (tertiary/aromatic N) is 1. The van der Waals surface area contributed by atoms with E-state index < -0.39 is 19.0 Å². The molecule has 0 atom stereocenters. The van der Waals surface area contributed by atoms with Crippen molar-refractivity contribution in [1.82, 2.24) is 10.3 Å². The van der Waals surface area contributed by atoms with E-state index in [1.165, 1.54) is 6.07 Å². The smallest absolute Gasteiger partial charge is 0.340 e. The minimum Gasteiger partial charge on any atom is -0.471 e. The molecule has 3 nitrogen and oxygen atoms in total. The Morgan fingerprint density at radius 3 is 2.71 bits per heavy atom. The summed E-state index contributed by atoms with van der Waals surface area (Å²) in [5, 5.41) is 2.82. The maximum absolute atomic E-state index is 12.6. The van der Waals surface area contributed by atoms with Gasteiger partial charge in [0.15, 0.2) is 6.61 Å².